The summed E-state index contributed by atoms with van der Waals surface area (Å²) in [5.74, 6) is 0. The smallest absolute Gasteiger partial charge is 0.299 e. The summed E-state index contributed by atoms with van der Waals surface area (Å²) in [6.45, 7) is 0.200. The van der Waals surface area contributed by atoms with Crippen LogP contribution < -0.4 is 5.32 Å². The van der Waals surface area contributed by atoms with E-state index in [2.05, 4.69) is 5.32 Å². The Bertz CT molecular complexity index is 555. The lowest BCUT2D eigenvalue weighted by molar-refractivity contribution is -0.393. The van der Waals surface area contributed by atoms with Gasteiger partial charge in [-0.15, -0.1) is 0 Å². The lowest BCUT2D eigenvalue weighted by Gasteiger charge is -2.32. The van der Waals surface area contributed by atoms with Crippen LogP contribution in [0.5, 0.6) is 0 Å². The molecule has 2 rings (SSSR count). The average molecular weight is 295 g/mol. The maximum atomic E-state index is 11.0. The van der Waals surface area contributed by atoms with Crippen molar-refractivity contribution in [2.45, 2.75) is 37.7 Å². The molecular weight excluding hydrogens is 278 g/mol. The fourth-order valence-electron chi connectivity index (χ4n) is 2.58. The molecule has 8 nitrogen and oxygen atoms in total. The fraction of sp³-hybridized carbons (Fsp3) is 0.538. The molecule has 8 heteroatoms. The normalized spacial score (nSPS) is 17.2. The molecule has 114 valence electrons. The van der Waals surface area contributed by atoms with E-state index < -0.39 is 15.4 Å². The number of nitro benzene ring substituents is 2. The molecule has 1 saturated carbocycles. The molecule has 21 heavy (non-hydrogen) atoms. The minimum atomic E-state index is -0.867. The van der Waals surface area contributed by atoms with Gasteiger partial charge in [0, 0.05) is 12.6 Å². The van der Waals surface area contributed by atoms with E-state index in [4.69, 9.17) is 0 Å². The first-order chi connectivity index (χ1) is 9.91. The van der Waals surface area contributed by atoms with Crippen molar-refractivity contribution in [1.29, 1.82) is 0 Å². The molecule has 0 atom stereocenters. The third kappa shape index (κ3) is 3.66. The summed E-state index contributed by atoms with van der Waals surface area (Å²) in [4.78, 5) is 20.3. The highest BCUT2D eigenvalue weighted by atomic mass is 16.6. The SMILES string of the molecule is O=[N+]([O-])c1ccc(NCC2(O)CCCCC2)c([N+](=O)[O-])c1. The molecule has 1 aliphatic carbocycles. The van der Waals surface area contributed by atoms with E-state index in [1.54, 1.807) is 0 Å². The Labute approximate surface area is 121 Å². The van der Waals surface area contributed by atoms with E-state index in [0.29, 0.717) is 12.8 Å². The van der Waals surface area contributed by atoms with Gasteiger partial charge in [-0.3, -0.25) is 20.2 Å². The zero-order valence-electron chi connectivity index (χ0n) is 11.4. The molecule has 1 fully saturated rings. The van der Waals surface area contributed by atoms with Gasteiger partial charge >= 0.3 is 0 Å². The summed E-state index contributed by atoms with van der Waals surface area (Å²) in [6.07, 6.45) is 4.25. The Morgan fingerprint density at radius 3 is 2.38 bits per heavy atom. The topological polar surface area (TPSA) is 119 Å². The molecule has 0 aliphatic heterocycles. The van der Waals surface area contributed by atoms with Crippen molar-refractivity contribution >= 4 is 17.1 Å². The van der Waals surface area contributed by atoms with E-state index in [-0.39, 0.29) is 23.6 Å². The number of benzene rings is 1. The van der Waals surface area contributed by atoms with Crippen LogP contribution in [0, 0.1) is 20.2 Å². The van der Waals surface area contributed by atoms with Crippen LogP contribution in [0.25, 0.3) is 0 Å². The van der Waals surface area contributed by atoms with Crippen LogP contribution in [0.3, 0.4) is 0 Å². The van der Waals surface area contributed by atoms with Crippen LogP contribution in [0.2, 0.25) is 0 Å². The molecule has 1 aromatic carbocycles. The van der Waals surface area contributed by atoms with Gasteiger partial charge in [0.2, 0.25) is 0 Å². The van der Waals surface area contributed by atoms with Gasteiger partial charge in [-0.1, -0.05) is 19.3 Å². The van der Waals surface area contributed by atoms with Gasteiger partial charge in [-0.25, -0.2) is 0 Å². The van der Waals surface area contributed by atoms with Crippen LogP contribution >= 0.6 is 0 Å². The molecule has 0 bridgehead atoms. The largest absolute Gasteiger partial charge is 0.388 e. The van der Waals surface area contributed by atoms with E-state index >= 15 is 0 Å². The first kappa shape index (κ1) is 15.2. The van der Waals surface area contributed by atoms with Gasteiger partial charge in [-0.2, -0.15) is 0 Å². The molecule has 1 aromatic rings. The highest BCUT2D eigenvalue weighted by Gasteiger charge is 2.30. The zero-order valence-corrected chi connectivity index (χ0v) is 11.4. The Balaban J connectivity index is 2.15. The number of hydrogen-bond donors (Lipinski definition) is 2. The van der Waals surface area contributed by atoms with E-state index in [9.17, 15) is 25.3 Å². The first-order valence-corrected chi connectivity index (χ1v) is 6.80. The lowest BCUT2D eigenvalue weighted by atomic mass is 9.85. The van der Waals surface area contributed by atoms with E-state index in [1.807, 2.05) is 0 Å². The van der Waals surface area contributed by atoms with Crippen molar-refractivity contribution in [2.24, 2.45) is 0 Å². The van der Waals surface area contributed by atoms with Crippen LogP contribution in [0.4, 0.5) is 17.1 Å². The predicted molar refractivity (Wildman–Crippen MR) is 76.3 cm³/mol. The van der Waals surface area contributed by atoms with Gasteiger partial charge < -0.3 is 10.4 Å². The Morgan fingerprint density at radius 1 is 1.14 bits per heavy atom. The Kier molecular flexibility index (Phi) is 4.37. The summed E-state index contributed by atoms with van der Waals surface area (Å²) in [6, 6.07) is 3.44. The van der Waals surface area contributed by atoms with E-state index in [0.717, 1.165) is 25.3 Å². The summed E-state index contributed by atoms with van der Waals surface area (Å²) in [5.41, 5.74) is -1.37. The standard InChI is InChI=1S/C13H17N3O5/c17-13(6-2-1-3-7-13)9-14-11-5-4-10(15(18)19)8-12(11)16(20)21/h4-5,8,14,17H,1-3,6-7,9H2. The monoisotopic (exact) mass is 295 g/mol. The number of nitrogens with one attached hydrogen (secondary N) is 1. The van der Waals surface area contributed by atoms with Gasteiger partial charge in [-0.05, 0) is 18.9 Å². The van der Waals surface area contributed by atoms with Crippen molar-refractivity contribution in [3.8, 4) is 0 Å². The quantitative estimate of drug-likeness (QED) is 0.636. The molecule has 0 aromatic heterocycles. The number of rotatable bonds is 5. The van der Waals surface area contributed by atoms with Gasteiger partial charge in [0.1, 0.15) is 5.69 Å². The second-order valence-corrected chi connectivity index (χ2v) is 5.35. The van der Waals surface area contributed by atoms with Crippen molar-refractivity contribution in [1.82, 2.24) is 0 Å². The second kappa shape index (κ2) is 6.04. The number of aliphatic hydroxyl groups is 1. The molecule has 0 heterocycles. The van der Waals surface area contributed by atoms with Gasteiger partial charge in [0.05, 0.1) is 21.5 Å². The van der Waals surface area contributed by atoms with Crippen LogP contribution in [-0.2, 0) is 0 Å². The molecule has 0 spiro atoms. The van der Waals surface area contributed by atoms with Crippen molar-refractivity contribution in [3.05, 3.63) is 38.4 Å². The van der Waals surface area contributed by atoms with Crippen LogP contribution in [-0.4, -0.2) is 27.1 Å². The molecule has 0 saturated heterocycles. The fourth-order valence-corrected chi connectivity index (χ4v) is 2.58. The molecule has 1 aliphatic rings. The third-order valence-electron chi connectivity index (χ3n) is 3.78. The Morgan fingerprint density at radius 2 is 1.81 bits per heavy atom. The highest BCUT2D eigenvalue weighted by molar-refractivity contribution is 5.65. The molecular formula is C13H17N3O5. The minimum absolute atomic E-state index is 0.185. The van der Waals surface area contributed by atoms with Crippen molar-refractivity contribution in [2.75, 3.05) is 11.9 Å². The van der Waals surface area contributed by atoms with E-state index in [1.165, 1.54) is 12.1 Å². The summed E-state index contributed by atoms with van der Waals surface area (Å²) >= 11 is 0. The maximum Gasteiger partial charge on any atom is 0.299 e. The van der Waals surface area contributed by atoms with Gasteiger partial charge in [0.25, 0.3) is 11.4 Å². The predicted octanol–water partition coefficient (Wildman–Crippen LogP) is 2.61. The molecule has 0 amide bonds. The maximum absolute atomic E-state index is 11.0. The summed E-state index contributed by atoms with van der Waals surface area (Å²) in [5, 5.41) is 34.9. The Hall–Kier alpha value is -2.22. The lowest BCUT2D eigenvalue weighted by Crippen LogP contribution is -2.38. The molecule has 2 N–H and O–H groups in total. The molecule has 0 radical (unpaired) electrons. The molecule has 0 unspecified atom stereocenters. The minimum Gasteiger partial charge on any atom is -0.388 e. The summed E-state index contributed by atoms with van der Waals surface area (Å²) in [7, 11) is 0. The number of anilines is 1. The zero-order chi connectivity index (χ0) is 15.5. The number of nitro groups is 2. The summed E-state index contributed by atoms with van der Waals surface area (Å²) < 4.78 is 0. The first-order valence-electron chi connectivity index (χ1n) is 6.80. The third-order valence-corrected chi connectivity index (χ3v) is 3.78. The number of nitrogens with zero attached hydrogens (tertiary/aromatic N) is 2. The van der Waals surface area contributed by atoms with Gasteiger partial charge in [0.15, 0.2) is 0 Å². The van der Waals surface area contributed by atoms with Crippen molar-refractivity contribution < 1.29 is 15.0 Å². The van der Waals surface area contributed by atoms with Crippen LogP contribution in [0.15, 0.2) is 18.2 Å². The second-order valence-electron chi connectivity index (χ2n) is 5.35. The van der Waals surface area contributed by atoms with Crippen LogP contribution in [0.1, 0.15) is 32.1 Å². The highest BCUT2D eigenvalue weighted by Crippen LogP contribution is 2.32. The number of non-ortho nitro benzene ring substituents is 1. The number of hydrogen-bond acceptors (Lipinski definition) is 6. The average Bonchev–Trinajstić information content (AvgIpc) is 2.45. The van der Waals surface area contributed by atoms with Crippen molar-refractivity contribution in [3.63, 3.8) is 0 Å².